The molecular formula is C19H28N2O4. The lowest BCUT2D eigenvalue weighted by Crippen LogP contribution is -2.40. The molecule has 1 aliphatic heterocycles. The molecule has 2 amide bonds. The van der Waals surface area contributed by atoms with Gasteiger partial charge in [-0.05, 0) is 31.0 Å². The number of nitrogens with zero attached hydrogens (tertiary/aromatic N) is 1. The van der Waals surface area contributed by atoms with Gasteiger partial charge < -0.3 is 19.7 Å². The Morgan fingerprint density at radius 2 is 2.16 bits per heavy atom. The lowest BCUT2D eigenvalue weighted by Gasteiger charge is -2.27. The van der Waals surface area contributed by atoms with Crippen molar-refractivity contribution in [2.24, 2.45) is 5.92 Å². The van der Waals surface area contributed by atoms with Gasteiger partial charge in [0.05, 0.1) is 12.6 Å². The first-order chi connectivity index (χ1) is 11.9. The second-order valence-corrected chi connectivity index (χ2v) is 6.85. The van der Waals surface area contributed by atoms with Crippen LogP contribution in [0.4, 0.5) is 0 Å². The number of benzene rings is 1. The van der Waals surface area contributed by atoms with Crippen molar-refractivity contribution in [2.45, 2.75) is 39.8 Å². The third-order valence-corrected chi connectivity index (χ3v) is 4.17. The molecule has 1 N–H and O–H groups in total. The molecule has 25 heavy (non-hydrogen) atoms. The molecule has 0 unspecified atom stereocenters. The van der Waals surface area contributed by atoms with Crippen molar-refractivity contribution in [1.29, 1.82) is 0 Å². The van der Waals surface area contributed by atoms with Crippen LogP contribution in [0.15, 0.2) is 18.2 Å². The summed E-state index contributed by atoms with van der Waals surface area (Å²) in [7, 11) is 1.59. The minimum absolute atomic E-state index is 0.00219. The van der Waals surface area contributed by atoms with Gasteiger partial charge in [0.2, 0.25) is 5.91 Å². The molecule has 1 atom stereocenters. The monoisotopic (exact) mass is 348 g/mol. The molecule has 0 aromatic heterocycles. The smallest absolute Gasteiger partial charge is 0.251 e. The highest BCUT2D eigenvalue weighted by Crippen LogP contribution is 2.27. The topological polar surface area (TPSA) is 67.9 Å². The standard InChI is InChI=1S/C19H28N2O4/c1-13(2)9-18(22)21-11-16-10-15(19(23)20-7-8-24-4)5-6-17(16)25-12-14(21)3/h5-6,10,13-14H,7-9,11-12H2,1-4H3,(H,20,23)/t14-/m0/s1. The van der Waals surface area contributed by atoms with Gasteiger partial charge in [0.25, 0.3) is 5.91 Å². The first-order valence-electron chi connectivity index (χ1n) is 8.74. The number of rotatable bonds is 6. The van der Waals surface area contributed by atoms with E-state index in [2.05, 4.69) is 5.32 Å². The van der Waals surface area contributed by atoms with E-state index in [9.17, 15) is 9.59 Å². The highest BCUT2D eigenvalue weighted by molar-refractivity contribution is 5.94. The zero-order chi connectivity index (χ0) is 18.4. The largest absolute Gasteiger partial charge is 0.491 e. The third kappa shape index (κ3) is 5.19. The fourth-order valence-electron chi connectivity index (χ4n) is 2.79. The Balaban J connectivity index is 2.17. The highest BCUT2D eigenvalue weighted by atomic mass is 16.5. The second-order valence-electron chi connectivity index (χ2n) is 6.85. The molecule has 0 saturated heterocycles. The molecule has 0 spiro atoms. The van der Waals surface area contributed by atoms with E-state index in [1.54, 1.807) is 13.2 Å². The lowest BCUT2D eigenvalue weighted by atomic mass is 10.1. The van der Waals surface area contributed by atoms with Crippen molar-refractivity contribution >= 4 is 11.8 Å². The fraction of sp³-hybridized carbons (Fsp3) is 0.579. The van der Waals surface area contributed by atoms with Gasteiger partial charge in [0.1, 0.15) is 12.4 Å². The first-order valence-corrected chi connectivity index (χ1v) is 8.74. The van der Waals surface area contributed by atoms with E-state index < -0.39 is 0 Å². The van der Waals surface area contributed by atoms with Gasteiger partial charge >= 0.3 is 0 Å². The number of fused-ring (bicyclic) bond motifs is 1. The van der Waals surface area contributed by atoms with Crippen LogP contribution in [0.3, 0.4) is 0 Å². The van der Waals surface area contributed by atoms with E-state index in [-0.39, 0.29) is 17.9 Å². The minimum atomic E-state index is -0.155. The minimum Gasteiger partial charge on any atom is -0.491 e. The Morgan fingerprint density at radius 1 is 1.40 bits per heavy atom. The number of nitrogens with one attached hydrogen (secondary N) is 1. The molecule has 6 heteroatoms. The summed E-state index contributed by atoms with van der Waals surface area (Å²) in [6.07, 6.45) is 0.511. The van der Waals surface area contributed by atoms with E-state index in [1.807, 2.05) is 37.8 Å². The third-order valence-electron chi connectivity index (χ3n) is 4.17. The van der Waals surface area contributed by atoms with Crippen LogP contribution < -0.4 is 10.1 Å². The Morgan fingerprint density at radius 3 is 2.84 bits per heavy atom. The predicted octanol–water partition coefficient (Wildman–Crippen LogP) is 2.22. The van der Waals surface area contributed by atoms with E-state index in [0.29, 0.717) is 44.2 Å². The van der Waals surface area contributed by atoms with Crippen molar-refractivity contribution in [1.82, 2.24) is 10.2 Å². The van der Waals surface area contributed by atoms with Gasteiger partial charge in [-0.2, -0.15) is 0 Å². The molecule has 0 aliphatic carbocycles. The number of carbonyl (C=O) groups excluding carboxylic acids is 2. The van der Waals surface area contributed by atoms with Gasteiger partial charge in [-0.25, -0.2) is 0 Å². The first kappa shape index (κ1) is 19.2. The van der Waals surface area contributed by atoms with Crippen molar-refractivity contribution < 1.29 is 19.1 Å². The van der Waals surface area contributed by atoms with Crippen molar-refractivity contribution in [3.05, 3.63) is 29.3 Å². The Kier molecular flexibility index (Phi) is 6.82. The molecule has 1 heterocycles. The lowest BCUT2D eigenvalue weighted by molar-refractivity contribution is -0.135. The molecule has 2 rings (SSSR count). The summed E-state index contributed by atoms with van der Waals surface area (Å²) < 4.78 is 10.8. The van der Waals surface area contributed by atoms with Gasteiger partial charge in [-0.15, -0.1) is 0 Å². The number of hydrogen-bond acceptors (Lipinski definition) is 4. The molecule has 0 radical (unpaired) electrons. The number of hydrogen-bond donors (Lipinski definition) is 1. The maximum Gasteiger partial charge on any atom is 0.251 e. The summed E-state index contributed by atoms with van der Waals surface area (Å²) in [5.74, 6) is 1.01. The number of amides is 2. The van der Waals surface area contributed by atoms with Gasteiger partial charge in [0.15, 0.2) is 0 Å². The fourth-order valence-corrected chi connectivity index (χ4v) is 2.79. The van der Waals surface area contributed by atoms with Crippen molar-refractivity contribution in [2.75, 3.05) is 26.9 Å². The maximum atomic E-state index is 12.6. The van der Waals surface area contributed by atoms with Gasteiger partial charge in [0, 0.05) is 37.7 Å². The Labute approximate surface area is 149 Å². The number of ether oxygens (including phenoxy) is 2. The van der Waals surface area contributed by atoms with Gasteiger partial charge in [-0.3, -0.25) is 9.59 Å². The van der Waals surface area contributed by atoms with Crippen LogP contribution in [0.5, 0.6) is 5.75 Å². The molecule has 1 aliphatic rings. The SMILES string of the molecule is COCCNC(=O)c1ccc2c(c1)CN(C(=O)CC(C)C)[C@@H](C)CO2. The van der Waals surface area contributed by atoms with Crippen LogP contribution in [0, 0.1) is 5.92 Å². The summed E-state index contributed by atoms with van der Waals surface area (Å²) in [4.78, 5) is 26.6. The molecule has 0 fully saturated rings. The van der Waals surface area contributed by atoms with Crippen LogP contribution in [0.2, 0.25) is 0 Å². The van der Waals surface area contributed by atoms with Crippen molar-refractivity contribution in [3.8, 4) is 5.75 Å². The van der Waals surface area contributed by atoms with Crippen molar-refractivity contribution in [3.63, 3.8) is 0 Å². The van der Waals surface area contributed by atoms with Crippen LogP contribution in [-0.2, 0) is 16.1 Å². The normalized spacial score (nSPS) is 16.8. The molecule has 1 aromatic rings. The number of methoxy groups -OCH3 is 1. The molecule has 138 valence electrons. The quantitative estimate of drug-likeness (QED) is 0.801. The van der Waals surface area contributed by atoms with E-state index in [0.717, 1.165) is 11.3 Å². The summed E-state index contributed by atoms with van der Waals surface area (Å²) in [6.45, 7) is 7.90. The Hall–Kier alpha value is -2.08. The van der Waals surface area contributed by atoms with E-state index in [1.165, 1.54) is 0 Å². The molecular weight excluding hydrogens is 320 g/mol. The second kappa shape index (κ2) is 8.85. The van der Waals surface area contributed by atoms with Crippen LogP contribution in [0.25, 0.3) is 0 Å². The summed E-state index contributed by atoms with van der Waals surface area (Å²) in [5.41, 5.74) is 1.42. The zero-order valence-electron chi connectivity index (χ0n) is 15.5. The zero-order valence-corrected chi connectivity index (χ0v) is 15.5. The molecule has 0 saturated carbocycles. The maximum absolute atomic E-state index is 12.6. The average Bonchev–Trinajstić information content (AvgIpc) is 2.73. The predicted molar refractivity (Wildman–Crippen MR) is 95.6 cm³/mol. The average molecular weight is 348 g/mol. The summed E-state index contributed by atoms with van der Waals surface area (Å²) >= 11 is 0. The summed E-state index contributed by atoms with van der Waals surface area (Å²) in [6, 6.07) is 5.36. The van der Waals surface area contributed by atoms with Crippen LogP contribution in [-0.4, -0.2) is 49.6 Å². The highest BCUT2D eigenvalue weighted by Gasteiger charge is 2.26. The van der Waals surface area contributed by atoms with Gasteiger partial charge in [-0.1, -0.05) is 13.8 Å². The van der Waals surface area contributed by atoms with Crippen LogP contribution >= 0.6 is 0 Å². The number of carbonyl (C=O) groups is 2. The van der Waals surface area contributed by atoms with E-state index in [4.69, 9.17) is 9.47 Å². The van der Waals surface area contributed by atoms with E-state index >= 15 is 0 Å². The molecule has 1 aromatic carbocycles. The van der Waals surface area contributed by atoms with Crippen LogP contribution in [0.1, 0.15) is 43.1 Å². The Bertz CT molecular complexity index is 615. The summed E-state index contributed by atoms with van der Waals surface area (Å²) in [5, 5.41) is 2.81. The molecule has 0 bridgehead atoms. The molecule has 6 nitrogen and oxygen atoms in total.